The monoisotopic (exact) mass is 365 g/mol. The highest BCUT2D eigenvalue weighted by molar-refractivity contribution is 5.98. The van der Waals surface area contributed by atoms with Crippen molar-refractivity contribution < 1.29 is 0 Å². The minimum absolute atomic E-state index is 0.210. The summed E-state index contributed by atoms with van der Waals surface area (Å²) in [7, 11) is 0. The second-order valence-electron chi connectivity index (χ2n) is 8.97. The first-order valence-corrected chi connectivity index (χ1v) is 11.5. The Balaban J connectivity index is 1.35. The van der Waals surface area contributed by atoms with Crippen molar-refractivity contribution in [3.8, 4) is 0 Å². The molecule has 1 heterocycles. The van der Waals surface area contributed by atoms with Crippen LogP contribution in [0.3, 0.4) is 0 Å². The summed E-state index contributed by atoms with van der Waals surface area (Å²) in [6.07, 6.45) is 18.0. The number of unbranched alkanes of at least 4 members (excludes halogenated alkanes) is 10. The molecule has 1 aliphatic rings. The normalized spacial score (nSPS) is 18.6. The lowest BCUT2D eigenvalue weighted by molar-refractivity contribution is 0.433. The van der Waals surface area contributed by atoms with Gasteiger partial charge in [0.25, 0.3) is 0 Å². The van der Waals surface area contributed by atoms with Gasteiger partial charge in [0.05, 0.1) is 0 Å². The molecule has 0 amide bonds. The van der Waals surface area contributed by atoms with E-state index < -0.39 is 0 Å². The molecule has 2 aromatic carbocycles. The molecule has 0 radical (unpaired) electrons. The number of benzene rings is 2. The molecule has 0 saturated heterocycles. The zero-order chi connectivity index (χ0) is 19.0. The second-order valence-corrected chi connectivity index (χ2v) is 8.97. The van der Waals surface area contributed by atoms with Crippen molar-refractivity contribution in [3.63, 3.8) is 0 Å². The SMILES string of the molecule is CCCCCCCCCCCCCC1(C)Cc2cccc3cccc(c23)N1. The number of nitrogens with one attached hydrogen (secondary N) is 1. The summed E-state index contributed by atoms with van der Waals surface area (Å²) in [4.78, 5) is 0. The second kappa shape index (κ2) is 10.2. The maximum absolute atomic E-state index is 3.87. The predicted octanol–water partition coefficient (Wildman–Crippen LogP) is 8.27. The Labute approximate surface area is 166 Å². The number of hydrogen-bond acceptors (Lipinski definition) is 1. The molecule has 0 saturated carbocycles. The van der Waals surface area contributed by atoms with Crippen LogP contribution in [0.4, 0.5) is 5.69 Å². The van der Waals surface area contributed by atoms with E-state index in [1.807, 2.05) is 0 Å². The maximum Gasteiger partial charge on any atom is 0.0426 e. The van der Waals surface area contributed by atoms with Gasteiger partial charge in [-0.2, -0.15) is 0 Å². The topological polar surface area (TPSA) is 12.0 Å². The molecule has 1 atom stereocenters. The van der Waals surface area contributed by atoms with Crippen molar-refractivity contribution in [3.05, 3.63) is 42.0 Å². The van der Waals surface area contributed by atoms with Crippen LogP contribution >= 0.6 is 0 Å². The Bertz CT molecular complexity index is 662. The van der Waals surface area contributed by atoms with Gasteiger partial charge < -0.3 is 5.32 Å². The van der Waals surface area contributed by atoms with Gasteiger partial charge in [0.1, 0.15) is 0 Å². The van der Waals surface area contributed by atoms with E-state index in [-0.39, 0.29) is 5.54 Å². The van der Waals surface area contributed by atoms with Gasteiger partial charge in [0.2, 0.25) is 0 Å². The van der Waals surface area contributed by atoms with Gasteiger partial charge in [-0.1, -0.05) is 108 Å². The first-order valence-electron chi connectivity index (χ1n) is 11.5. The summed E-state index contributed by atoms with van der Waals surface area (Å²) in [5.41, 5.74) is 3.06. The third-order valence-electron chi connectivity index (χ3n) is 6.34. The fourth-order valence-electron chi connectivity index (χ4n) is 4.79. The van der Waals surface area contributed by atoms with E-state index in [4.69, 9.17) is 0 Å². The lowest BCUT2D eigenvalue weighted by Crippen LogP contribution is -2.39. The quantitative estimate of drug-likeness (QED) is 0.373. The van der Waals surface area contributed by atoms with Crippen molar-refractivity contribution in [2.75, 3.05) is 5.32 Å². The maximum atomic E-state index is 3.87. The zero-order valence-electron chi connectivity index (χ0n) is 17.7. The fraction of sp³-hybridized carbons (Fsp3) is 0.615. The summed E-state index contributed by atoms with van der Waals surface area (Å²) in [5, 5.41) is 6.68. The van der Waals surface area contributed by atoms with Crippen molar-refractivity contribution in [2.45, 2.75) is 103 Å². The van der Waals surface area contributed by atoms with Gasteiger partial charge >= 0.3 is 0 Å². The van der Waals surface area contributed by atoms with E-state index in [9.17, 15) is 0 Å². The number of hydrogen-bond donors (Lipinski definition) is 1. The highest BCUT2D eigenvalue weighted by atomic mass is 15.0. The smallest absolute Gasteiger partial charge is 0.0426 e. The third kappa shape index (κ3) is 5.74. The molecule has 1 unspecified atom stereocenters. The summed E-state index contributed by atoms with van der Waals surface area (Å²) in [6.45, 7) is 4.71. The average molecular weight is 366 g/mol. The Morgan fingerprint density at radius 2 is 1.37 bits per heavy atom. The van der Waals surface area contributed by atoms with Gasteiger partial charge in [-0.25, -0.2) is 0 Å². The van der Waals surface area contributed by atoms with E-state index in [1.54, 1.807) is 0 Å². The van der Waals surface area contributed by atoms with E-state index in [0.29, 0.717) is 0 Å². The molecule has 27 heavy (non-hydrogen) atoms. The molecule has 2 aromatic rings. The van der Waals surface area contributed by atoms with Crippen LogP contribution < -0.4 is 5.32 Å². The highest BCUT2D eigenvalue weighted by Gasteiger charge is 2.29. The van der Waals surface area contributed by atoms with Crippen LogP contribution in [-0.2, 0) is 6.42 Å². The lowest BCUT2D eigenvalue weighted by Gasteiger charge is -2.37. The molecule has 3 rings (SSSR count). The summed E-state index contributed by atoms with van der Waals surface area (Å²) >= 11 is 0. The molecule has 1 nitrogen and oxygen atoms in total. The first-order chi connectivity index (χ1) is 13.2. The van der Waals surface area contributed by atoms with Gasteiger partial charge in [-0.3, -0.25) is 0 Å². The fourth-order valence-corrected chi connectivity index (χ4v) is 4.79. The largest absolute Gasteiger partial charge is 0.379 e. The molecule has 1 aliphatic heterocycles. The molecule has 0 aliphatic carbocycles. The van der Waals surface area contributed by atoms with E-state index in [1.165, 1.54) is 99.1 Å². The molecule has 1 N–H and O–H groups in total. The van der Waals surface area contributed by atoms with E-state index in [2.05, 4.69) is 55.6 Å². The molecule has 0 aromatic heterocycles. The van der Waals surface area contributed by atoms with Crippen LogP contribution in [0, 0.1) is 0 Å². The van der Waals surface area contributed by atoms with Gasteiger partial charge in [0, 0.05) is 16.6 Å². The molecule has 148 valence electrons. The Morgan fingerprint density at radius 1 is 0.778 bits per heavy atom. The van der Waals surface area contributed by atoms with Crippen LogP contribution in [0.15, 0.2) is 36.4 Å². The average Bonchev–Trinajstić information content (AvgIpc) is 2.66. The molecule has 0 fully saturated rings. The Kier molecular flexibility index (Phi) is 7.61. The third-order valence-corrected chi connectivity index (χ3v) is 6.34. The molecule has 0 bridgehead atoms. The number of rotatable bonds is 12. The summed E-state index contributed by atoms with van der Waals surface area (Å²) in [5.74, 6) is 0. The molecule has 0 spiro atoms. The predicted molar refractivity (Wildman–Crippen MR) is 121 cm³/mol. The van der Waals surface area contributed by atoms with Gasteiger partial charge in [-0.15, -0.1) is 0 Å². The minimum Gasteiger partial charge on any atom is -0.379 e. The lowest BCUT2D eigenvalue weighted by atomic mass is 9.82. The van der Waals surface area contributed by atoms with Crippen LogP contribution in [0.5, 0.6) is 0 Å². The summed E-state index contributed by atoms with van der Waals surface area (Å²) < 4.78 is 0. The van der Waals surface area contributed by atoms with Crippen molar-refractivity contribution in [1.29, 1.82) is 0 Å². The van der Waals surface area contributed by atoms with Crippen molar-refractivity contribution in [1.82, 2.24) is 0 Å². The van der Waals surface area contributed by atoms with Crippen LogP contribution in [0.2, 0.25) is 0 Å². The zero-order valence-corrected chi connectivity index (χ0v) is 17.7. The number of anilines is 1. The van der Waals surface area contributed by atoms with Crippen LogP contribution in [0.25, 0.3) is 10.8 Å². The van der Waals surface area contributed by atoms with E-state index in [0.717, 1.165) is 6.42 Å². The molecule has 1 heteroatoms. The molecular formula is C26H39N. The highest BCUT2D eigenvalue weighted by Crippen LogP contribution is 2.38. The van der Waals surface area contributed by atoms with Gasteiger partial charge in [0.15, 0.2) is 0 Å². The standard InChI is InChI=1S/C26H39N/c1-3-4-5-6-7-8-9-10-11-12-13-20-26(2)21-23-18-14-16-22-17-15-19-24(27-26)25(22)23/h14-19,27H,3-13,20-21H2,1-2H3. The van der Waals surface area contributed by atoms with Gasteiger partial charge in [-0.05, 0) is 36.8 Å². The Morgan fingerprint density at radius 3 is 2.04 bits per heavy atom. The first kappa shape index (κ1) is 20.2. The Hall–Kier alpha value is -1.50. The van der Waals surface area contributed by atoms with E-state index >= 15 is 0 Å². The molecular weight excluding hydrogens is 326 g/mol. The summed E-state index contributed by atoms with van der Waals surface area (Å²) in [6, 6.07) is 13.4. The van der Waals surface area contributed by atoms with Crippen LogP contribution in [-0.4, -0.2) is 5.54 Å². The minimum atomic E-state index is 0.210. The van der Waals surface area contributed by atoms with Crippen molar-refractivity contribution >= 4 is 16.5 Å². The van der Waals surface area contributed by atoms with Crippen molar-refractivity contribution in [2.24, 2.45) is 0 Å². The van der Waals surface area contributed by atoms with Crippen LogP contribution in [0.1, 0.15) is 96.5 Å².